The van der Waals surface area contributed by atoms with Crippen LogP contribution >= 0.6 is 11.3 Å². The zero-order valence-corrected chi connectivity index (χ0v) is 11.0. The molecule has 0 aliphatic carbocycles. The maximum absolute atomic E-state index is 13.7. The van der Waals surface area contributed by atoms with E-state index in [0.29, 0.717) is 10.3 Å². The van der Waals surface area contributed by atoms with E-state index in [0.717, 1.165) is 11.3 Å². The van der Waals surface area contributed by atoms with Crippen molar-refractivity contribution in [3.05, 3.63) is 51.4 Å². The summed E-state index contributed by atoms with van der Waals surface area (Å²) in [5.41, 5.74) is -0.177. The quantitative estimate of drug-likeness (QED) is 0.717. The molecule has 0 fully saturated rings. The first-order valence-corrected chi connectivity index (χ1v) is 6.69. The molecule has 3 nitrogen and oxygen atoms in total. The summed E-state index contributed by atoms with van der Waals surface area (Å²) in [6.07, 6.45) is 0.823. The Morgan fingerprint density at radius 2 is 2.16 bits per heavy atom. The lowest BCUT2D eigenvalue weighted by atomic mass is 10.2. The summed E-state index contributed by atoms with van der Waals surface area (Å²) in [6, 6.07) is 7.89. The summed E-state index contributed by atoms with van der Waals surface area (Å²) < 4.78 is 19.2. The second-order valence-corrected chi connectivity index (χ2v) is 5.17. The number of rotatable bonds is 2. The van der Waals surface area contributed by atoms with E-state index in [1.807, 2.05) is 6.92 Å². The van der Waals surface area contributed by atoms with E-state index < -0.39 is 5.82 Å². The van der Waals surface area contributed by atoms with Gasteiger partial charge in [0.05, 0.1) is 10.9 Å². The first kappa shape index (κ1) is 12.0. The molecule has 0 saturated heterocycles. The molecule has 0 amide bonds. The van der Waals surface area contributed by atoms with Gasteiger partial charge in [0.2, 0.25) is 5.89 Å². The summed E-state index contributed by atoms with van der Waals surface area (Å²) in [5.74, 6) is -0.426. The Balaban J connectivity index is 2.26. The molecule has 96 valence electrons. The second-order valence-electron chi connectivity index (χ2n) is 4.07. The molecule has 0 atom stereocenters. The molecule has 0 saturated carbocycles. The van der Waals surface area contributed by atoms with Gasteiger partial charge in [0.15, 0.2) is 4.90 Å². The van der Waals surface area contributed by atoms with Gasteiger partial charge in [-0.25, -0.2) is 4.39 Å². The van der Waals surface area contributed by atoms with Crippen molar-refractivity contribution in [3.63, 3.8) is 0 Å². The average Bonchev–Trinajstić information content (AvgIpc) is 2.83. The van der Waals surface area contributed by atoms with Crippen molar-refractivity contribution in [2.45, 2.75) is 13.3 Å². The normalized spacial score (nSPS) is 11.1. The summed E-state index contributed by atoms with van der Waals surface area (Å²) in [4.78, 5) is 17.3. The van der Waals surface area contributed by atoms with Gasteiger partial charge in [-0.3, -0.25) is 4.79 Å². The molecule has 0 unspecified atom stereocenters. The van der Waals surface area contributed by atoms with Crippen LogP contribution in [0.4, 0.5) is 4.39 Å². The van der Waals surface area contributed by atoms with Crippen molar-refractivity contribution < 1.29 is 8.81 Å². The molecule has 3 rings (SSSR count). The molecule has 0 aliphatic rings. The lowest BCUT2D eigenvalue weighted by molar-refractivity contribution is 0.582. The highest BCUT2D eigenvalue weighted by Crippen LogP contribution is 2.27. The van der Waals surface area contributed by atoms with Gasteiger partial charge in [0.25, 0.3) is 5.56 Å². The van der Waals surface area contributed by atoms with E-state index in [9.17, 15) is 9.18 Å². The van der Waals surface area contributed by atoms with Crippen LogP contribution in [0.15, 0.2) is 39.5 Å². The minimum atomic E-state index is -0.454. The topological polar surface area (TPSA) is 43.1 Å². The molecule has 19 heavy (non-hydrogen) atoms. The predicted molar refractivity (Wildman–Crippen MR) is 72.9 cm³/mol. The van der Waals surface area contributed by atoms with E-state index >= 15 is 0 Å². The summed E-state index contributed by atoms with van der Waals surface area (Å²) in [6.45, 7) is 2.00. The molecule has 2 heterocycles. The van der Waals surface area contributed by atoms with Gasteiger partial charge < -0.3 is 4.42 Å². The third kappa shape index (κ3) is 2.06. The van der Waals surface area contributed by atoms with Crippen LogP contribution in [0.3, 0.4) is 0 Å². The Bertz CT molecular complexity index is 807. The van der Waals surface area contributed by atoms with Crippen LogP contribution in [0.2, 0.25) is 0 Å². The van der Waals surface area contributed by atoms with Crippen LogP contribution < -0.4 is 5.56 Å². The molecule has 0 aliphatic heterocycles. The van der Waals surface area contributed by atoms with Crippen LogP contribution in [-0.2, 0) is 6.42 Å². The number of fused-ring (bicyclic) bond motifs is 1. The maximum Gasteiger partial charge on any atom is 0.285 e. The number of hydrogen-bond donors (Lipinski definition) is 0. The molecule has 3 aromatic rings. The van der Waals surface area contributed by atoms with E-state index in [2.05, 4.69) is 4.98 Å². The zero-order valence-electron chi connectivity index (χ0n) is 10.1. The van der Waals surface area contributed by atoms with E-state index in [1.54, 1.807) is 24.3 Å². The fourth-order valence-electron chi connectivity index (χ4n) is 1.84. The Labute approximate surface area is 112 Å². The summed E-state index contributed by atoms with van der Waals surface area (Å²) >= 11 is 1.40. The molecule has 0 spiro atoms. The standard InChI is InChI=1S/C14H10FNO2S/c1-2-8-7-10-12(17)16-13(18-14(10)19-8)9-5-3-4-6-11(9)15/h3-7H,2H2,1H3. The Morgan fingerprint density at radius 1 is 1.37 bits per heavy atom. The van der Waals surface area contributed by atoms with Gasteiger partial charge in [-0.2, -0.15) is 4.98 Å². The monoisotopic (exact) mass is 275 g/mol. The Hall–Kier alpha value is -2.01. The predicted octanol–water partition coefficient (Wildman–Crippen LogP) is 3.62. The SMILES string of the molecule is CCc1cc2c(=O)nc(-c3ccccc3F)oc2s1. The smallest absolute Gasteiger partial charge is 0.285 e. The Kier molecular flexibility index (Phi) is 2.91. The molecule has 0 N–H and O–H groups in total. The number of thiophene rings is 1. The minimum Gasteiger partial charge on any atom is -0.427 e. The lowest BCUT2D eigenvalue weighted by Gasteiger charge is -2.00. The van der Waals surface area contributed by atoms with Crippen LogP contribution in [-0.4, -0.2) is 4.98 Å². The molecule has 0 bridgehead atoms. The molecular weight excluding hydrogens is 265 g/mol. The fraction of sp³-hybridized carbons (Fsp3) is 0.143. The van der Waals surface area contributed by atoms with Gasteiger partial charge in [-0.1, -0.05) is 19.1 Å². The van der Waals surface area contributed by atoms with E-state index in [1.165, 1.54) is 17.4 Å². The molecule has 2 aromatic heterocycles. The third-order valence-corrected chi connectivity index (χ3v) is 3.98. The second kappa shape index (κ2) is 4.59. The number of benzene rings is 1. The van der Waals surface area contributed by atoms with Crippen LogP contribution in [0.1, 0.15) is 11.8 Å². The third-order valence-electron chi connectivity index (χ3n) is 2.82. The van der Waals surface area contributed by atoms with Gasteiger partial charge >= 0.3 is 0 Å². The van der Waals surface area contributed by atoms with Gasteiger partial charge in [-0.15, -0.1) is 11.3 Å². The van der Waals surface area contributed by atoms with Gasteiger partial charge in [-0.05, 0) is 24.6 Å². The molecule has 0 radical (unpaired) electrons. The highest BCUT2D eigenvalue weighted by atomic mass is 32.1. The first-order chi connectivity index (χ1) is 9.19. The van der Waals surface area contributed by atoms with Crippen molar-refractivity contribution in [1.82, 2.24) is 4.98 Å². The van der Waals surface area contributed by atoms with Crippen molar-refractivity contribution in [1.29, 1.82) is 0 Å². The number of halogens is 1. The number of aromatic nitrogens is 1. The number of hydrogen-bond acceptors (Lipinski definition) is 4. The zero-order chi connectivity index (χ0) is 13.4. The molecular formula is C14H10FNO2S. The van der Waals surface area contributed by atoms with Crippen molar-refractivity contribution >= 4 is 21.6 Å². The summed E-state index contributed by atoms with van der Waals surface area (Å²) in [5, 5.41) is 0.460. The number of aryl methyl sites for hydroxylation is 1. The fourth-order valence-corrected chi connectivity index (χ4v) is 2.77. The van der Waals surface area contributed by atoms with Crippen molar-refractivity contribution in [3.8, 4) is 11.5 Å². The minimum absolute atomic E-state index is 0.0279. The van der Waals surface area contributed by atoms with Crippen molar-refractivity contribution in [2.75, 3.05) is 0 Å². The molecule has 1 aromatic carbocycles. The van der Waals surface area contributed by atoms with Crippen LogP contribution in [0.5, 0.6) is 0 Å². The first-order valence-electron chi connectivity index (χ1n) is 5.87. The van der Waals surface area contributed by atoms with E-state index in [-0.39, 0.29) is 17.0 Å². The van der Waals surface area contributed by atoms with Gasteiger partial charge in [0, 0.05) is 4.88 Å². The van der Waals surface area contributed by atoms with E-state index in [4.69, 9.17) is 4.42 Å². The van der Waals surface area contributed by atoms with Crippen LogP contribution in [0, 0.1) is 5.82 Å². The highest BCUT2D eigenvalue weighted by molar-refractivity contribution is 7.18. The largest absolute Gasteiger partial charge is 0.427 e. The summed E-state index contributed by atoms with van der Waals surface area (Å²) in [7, 11) is 0. The maximum atomic E-state index is 13.7. The molecule has 5 heteroatoms. The highest BCUT2D eigenvalue weighted by Gasteiger charge is 2.14. The van der Waals surface area contributed by atoms with Crippen LogP contribution in [0.25, 0.3) is 21.7 Å². The van der Waals surface area contributed by atoms with Crippen molar-refractivity contribution in [2.24, 2.45) is 0 Å². The average molecular weight is 275 g/mol. The van der Waals surface area contributed by atoms with Gasteiger partial charge in [0.1, 0.15) is 5.82 Å². The Morgan fingerprint density at radius 3 is 2.89 bits per heavy atom. The lowest BCUT2D eigenvalue weighted by Crippen LogP contribution is -2.06. The number of nitrogens with zero attached hydrogens (tertiary/aromatic N) is 1.